The summed E-state index contributed by atoms with van der Waals surface area (Å²) in [7, 11) is 1.70. The van der Waals surface area contributed by atoms with E-state index in [2.05, 4.69) is 34.4 Å². The Hall–Kier alpha value is -1.58. The number of hydrogen-bond donors (Lipinski definition) is 2. The van der Waals surface area contributed by atoms with Crippen molar-refractivity contribution >= 4 is 35.8 Å². The lowest BCUT2D eigenvalue weighted by Gasteiger charge is -2.34. The van der Waals surface area contributed by atoms with Gasteiger partial charge in [0.15, 0.2) is 5.96 Å². The molecule has 8 heteroatoms. The Kier molecular flexibility index (Phi) is 12.6. The first kappa shape index (κ1) is 25.5. The molecule has 0 atom stereocenters. The fourth-order valence-electron chi connectivity index (χ4n) is 3.29. The van der Waals surface area contributed by atoms with Gasteiger partial charge in [-0.25, -0.2) is 9.98 Å². The van der Waals surface area contributed by atoms with Gasteiger partial charge in [0.2, 0.25) is 11.8 Å². The minimum Gasteiger partial charge on any atom is -0.477 e. The van der Waals surface area contributed by atoms with Crippen molar-refractivity contribution in [2.45, 2.75) is 52.5 Å². The summed E-state index contributed by atoms with van der Waals surface area (Å²) >= 11 is 0. The number of nitrogens with one attached hydrogen (secondary N) is 2. The highest BCUT2D eigenvalue weighted by molar-refractivity contribution is 14.0. The maximum absolute atomic E-state index is 11.6. The smallest absolute Gasteiger partial charge is 0.220 e. The van der Waals surface area contributed by atoms with Gasteiger partial charge in [-0.1, -0.05) is 19.4 Å². The van der Waals surface area contributed by atoms with Gasteiger partial charge in [0.25, 0.3) is 0 Å². The van der Waals surface area contributed by atoms with Crippen LogP contribution in [0, 0.1) is 5.92 Å². The van der Waals surface area contributed by atoms with E-state index in [1.807, 2.05) is 12.1 Å². The van der Waals surface area contributed by atoms with Gasteiger partial charge in [-0.2, -0.15) is 0 Å². The van der Waals surface area contributed by atoms with E-state index in [1.165, 1.54) is 0 Å². The predicted molar refractivity (Wildman–Crippen MR) is 128 cm³/mol. The number of carbonyl (C=O) groups excluding carboxylic acids is 1. The van der Waals surface area contributed by atoms with Crippen LogP contribution in [0.2, 0.25) is 0 Å². The maximum atomic E-state index is 11.6. The molecule has 2 rings (SSSR count). The summed E-state index contributed by atoms with van der Waals surface area (Å²) in [5, 5.41) is 6.12. The fraction of sp³-hybridized carbons (Fsp3) is 0.667. The van der Waals surface area contributed by atoms with E-state index in [4.69, 9.17) is 9.73 Å². The Morgan fingerprint density at radius 2 is 2.10 bits per heavy atom. The number of amides is 1. The number of aliphatic imine (C=N–C) groups is 1. The van der Waals surface area contributed by atoms with Gasteiger partial charge in [-0.15, -0.1) is 24.0 Å². The zero-order valence-electron chi connectivity index (χ0n) is 17.9. The quantitative estimate of drug-likeness (QED) is 0.228. The molecule has 7 nitrogen and oxygen atoms in total. The van der Waals surface area contributed by atoms with Crippen molar-refractivity contribution in [2.75, 3.05) is 33.3 Å². The van der Waals surface area contributed by atoms with Crippen LogP contribution in [0.5, 0.6) is 5.88 Å². The predicted octanol–water partition coefficient (Wildman–Crippen LogP) is 3.19. The number of ether oxygens (including phenoxy) is 1. The van der Waals surface area contributed by atoms with Crippen LogP contribution in [0.25, 0.3) is 0 Å². The number of nitrogens with zero attached hydrogens (tertiary/aromatic N) is 3. The second kappa shape index (κ2) is 14.4. The molecule has 0 unspecified atom stereocenters. The van der Waals surface area contributed by atoms with Gasteiger partial charge in [0.1, 0.15) is 0 Å². The molecule has 0 spiro atoms. The highest BCUT2D eigenvalue weighted by atomic mass is 127. The average Bonchev–Trinajstić information content (AvgIpc) is 2.72. The van der Waals surface area contributed by atoms with Crippen molar-refractivity contribution in [1.29, 1.82) is 0 Å². The number of hydrogen-bond acceptors (Lipinski definition) is 4. The number of likely N-dealkylation sites (tertiary alicyclic amines) is 1. The Morgan fingerprint density at radius 1 is 1.34 bits per heavy atom. The van der Waals surface area contributed by atoms with Crippen molar-refractivity contribution in [3.8, 4) is 5.88 Å². The van der Waals surface area contributed by atoms with E-state index in [1.54, 1.807) is 13.2 Å². The molecule has 0 aromatic carbocycles. The van der Waals surface area contributed by atoms with E-state index in [9.17, 15) is 4.79 Å². The summed E-state index contributed by atoms with van der Waals surface area (Å²) in [5.74, 6) is 2.19. The van der Waals surface area contributed by atoms with Crippen LogP contribution in [0.15, 0.2) is 23.3 Å². The van der Waals surface area contributed by atoms with Gasteiger partial charge in [0, 0.05) is 44.9 Å². The summed E-state index contributed by atoms with van der Waals surface area (Å²) in [5.41, 5.74) is 1.00. The SMILES string of the molecule is CCCCOc1ncccc1CN=C(NCC)N1CCC(CC(=O)NC)CC1.I. The third kappa shape index (κ3) is 8.76. The van der Waals surface area contributed by atoms with E-state index in [0.717, 1.165) is 56.8 Å². The molecular weight excluding hydrogens is 481 g/mol. The van der Waals surface area contributed by atoms with Gasteiger partial charge >= 0.3 is 0 Å². The Morgan fingerprint density at radius 3 is 2.76 bits per heavy atom. The van der Waals surface area contributed by atoms with Crippen molar-refractivity contribution < 1.29 is 9.53 Å². The second-order valence-electron chi connectivity index (χ2n) is 7.15. The summed E-state index contributed by atoms with van der Waals surface area (Å²) in [6, 6.07) is 3.95. The maximum Gasteiger partial charge on any atom is 0.220 e. The molecule has 29 heavy (non-hydrogen) atoms. The first-order chi connectivity index (χ1) is 13.7. The van der Waals surface area contributed by atoms with E-state index < -0.39 is 0 Å². The van der Waals surface area contributed by atoms with E-state index in [0.29, 0.717) is 31.4 Å². The molecule has 1 saturated heterocycles. The summed E-state index contributed by atoms with van der Waals surface area (Å²) in [4.78, 5) is 23.1. The summed E-state index contributed by atoms with van der Waals surface area (Å²) in [6.07, 6.45) is 6.52. The first-order valence-corrected chi connectivity index (χ1v) is 10.5. The molecule has 0 saturated carbocycles. The number of pyridine rings is 1. The molecule has 2 heterocycles. The Bertz CT molecular complexity index is 633. The van der Waals surface area contributed by atoms with E-state index >= 15 is 0 Å². The van der Waals surface area contributed by atoms with Gasteiger partial charge in [-0.3, -0.25) is 4.79 Å². The van der Waals surface area contributed by atoms with E-state index in [-0.39, 0.29) is 29.9 Å². The molecule has 164 valence electrons. The van der Waals surface area contributed by atoms with Gasteiger partial charge < -0.3 is 20.3 Å². The zero-order chi connectivity index (χ0) is 20.2. The second-order valence-corrected chi connectivity index (χ2v) is 7.15. The number of guanidine groups is 1. The number of halogens is 1. The molecule has 1 aliphatic heterocycles. The number of piperidine rings is 1. The number of unbranched alkanes of at least 4 members (excludes halogenated alkanes) is 1. The lowest BCUT2D eigenvalue weighted by Crippen LogP contribution is -2.46. The Labute approximate surface area is 192 Å². The minimum atomic E-state index is 0. The average molecular weight is 517 g/mol. The number of carbonyl (C=O) groups is 1. The van der Waals surface area contributed by atoms with Gasteiger partial charge in [0.05, 0.1) is 13.2 Å². The lowest BCUT2D eigenvalue weighted by atomic mass is 9.93. The minimum absolute atomic E-state index is 0. The van der Waals surface area contributed by atoms with Crippen LogP contribution in [-0.2, 0) is 11.3 Å². The first-order valence-electron chi connectivity index (χ1n) is 10.5. The van der Waals surface area contributed by atoms with Gasteiger partial charge in [-0.05, 0) is 38.2 Å². The molecule has 0 radical (unpaired) electrons. The molecule has 1 fully saturated rings. The molecule has 1 amide bonds. The highest BCUT2D eigenvalue weighted by Gasteiger charge is 2.23. The molecule has 1 aliphatic rings. The molecule has 1 aromatic heterocycles. The standard InChI is InChI=1S/C21H35N5O2.HI/c1-4-6-14-28-20-18(8-7-11-24-20)16-25-21(23-5-2)26-12-9-17(10-13-26)15-19(27)22-3;/h7-8,11,17H,4-6,9-10,12-16H2,1-3H3,(H,22,27)(H,23,25);1H. The molecular formula is C21H36IN5O2. The third-order valence-corrected chi connectivity index (χ3v) is 4.99. The van der Waals surface area contributed by atoms with Crippen LogP contribution >= 0.6 is 24.0 Å². The van der Waals surface area contributed by atoms with Crippen LogP contribution in [0.3, 0.4) is 0 Å². The monoisotopic (exact) mass is 517 g/mol. The number of rotatable bonds is 9. The summed E-state index contributed by atoms with van der Waals surface area (Å²) in [6.45, 7) is 8.11. The largest absolute Gasteiger partial charge is 0.477 e. The molecule has 0 bridgehead atoms. The lowest BCUT2D eigenvalue weighted by molar-refractivity contribution is -0.121. The zero-order valence-corrected chi connectivity index (χ0v) is 20.3. The Balaban J connectivity index is 0.00000420. The molecule has 1 aromatic rings. The molecule has 0 aliphatic carbocycles. The van der Waals surface area contributed by atoms with Crippen LogP contribution in [0.1, 0.15) is 51.5 Å². The van der Waals surface area contributed by atoms with Crippen molar-refractivity contribution in [2.24, 2.45) is 10.9 Å². The van der Waals surface area contributed by atoms with Crippen LogP contribution in [0.4, 0.5) is 0 Å². The highest BCUT2D eigenvalue weighted by Crippen LogP contribution is 2.21. The molecule has 2 N–H and O–H groups in total. The topological polar surface area (TPSA) is 78.9 Å². The van der Waals surface area contributed by atoms with Crippen molar-refractivity contribution in [3.05, 3.63) is 23.9 Å². The fourth-order valence-corrected chi connectivity index (χ4v) is 3.29. The van der Waals surface area contributed by atoms with Crippen LogP contribution < -0.4 is 15.4 Å². The van der Waals surface area contributed by atoms with Crippen molar-refractivity contribution in [1.82, 2.24) is 20.5 Å². The number of aromatic nitrogens is 1. The summed E-state index contributed by atoms with van der Waals surface area (Å²) < 4.78 is 5.82. The normalized spacial score (nSPS) is 14.9. The van der Waals surface area contributed by atoms with Crippen LogP contribution in [-0.4, -0.2) is 55.0 Å². The third-order valence-electron chi connectivity index (χ3n) is 4.99. The van der Waals surface area contributed by atoms with Crippen molar-refractivity contribution in [3.63, 3.8) is 0 Å².